The molecular formula is C14H14FNO2S. The average molecular weight is 279 g/mol. The molecule has 0 unspecified atom stereocenters. The first-order valence-corrected chi connectivity index (χ1v) is 6.73. The lowest BCUT2D eigenvalue weighted by molar-refractivity contribution is 0.102. The molecule has 0 saturated carbocycles. The molecule has 0 aliphatic rings. The molecule has 3 nitrogen and oxygen atoms in total. The number of rotatable bonds is 5. The fraction of sp³-hybridized carbons (Fsp3) is 0.286. The van der Waals surface area contributed by atoms with Crippen LogP contribution in [-0.4, -0.2) is 17.4 Å². The first-order valence-electron chi connectivity index (χ1n) is 5.92. The predicted octanol–water partition coefficient (Wildman–Crippen LogP) is 3.41. The third-order valence-electron chi connectivity index (χ3n) is 2.56. The number of Topliss-reactive ketones (excluding diaryl/α,β-unsaturated/α-hetero) is 1. The number of aryl methyl sites for hydroxylation is 1. The number of thiazole rings is 1. The van der Waals surface area contributed by atoms with E-state index in [9.17, 15) is 9.18 Å². The first-order chi connectivity index (χ1) is 9.06. The molecule has 19 heavy (non-hydrogen) atoms. The van der Waals surface area contributed by atoms with Crippen LogP contribution >= 0.6 is 11.3 Å². The standard InChI is InChI=1S/C14H14FNO2S/c1-9-14(10(2)17)19-13(16-9)7-8-18-12-5-3-11(15)4-6-12/h3-6H,7-8H2,1-2H3. The number of hydrogen-bond donors (Lipinski definition) is 0. The van der Waals surface area contributed by atoms with Crippen LogP contribution in [0.15, 0.2) is 24.3 Å². The normalized spacial score (nSPS) is 10.5. The number of aromatic nitrogens is 1. The van der Waals surface area contributed by atoms with Crippen molar-refractivity contribution in [2.75, 3.05) is 6.61 Å². The lowest BCUT2D eigenvalue weighted by Gasteiger charge is -2.04. The van der Waals surface area contributed by atoms with Crippen molar-refractivity contribution in [3.05, 3.63) is 45.7 Å². The van der Waals surface area contributed by atoms with Gasteiger partial charge >= 0.3 is 0 Å². The monoisotopic (exact) mass is 279 g/mol. The van der Waals surface area contributed by atoms with E-state index in [4.69, 9.17) is 4.74 Å². The lowest BCUT2D eigenvalue weighted by atomic mass is 10.3. The molecule has 100 valence electrons. The van der Waals surface area contributed by atoms with Crippen molar-refractivity contribution in [1.82, 2.24) is 4.98 Å². The van der Waals surface area contributed by atoms with Crippen molar-refractivity contribution in [3.8, 4) is 5.75 Å². The minimum absolute atomic E-state index is 0.0423. The predicted molar refractivity (Wildman–Crippen MR) is 72.5 cm³/mol. The minimum atomic E-state index is -0.283. The molecule has 0 bridgehead atoms. The number of carbonyl (C=O) groups excluding carboxylic acids is 1. The molecule has 0 N–H and O–H groups in total. The molecule has 1 heterocycles. The molecule has 1 aromatic heterocycles. The van der Waals surface area contributed by atoms with Gasteiger partial charge in [0.25, 0.3) is 0 Å². The second-order valence-electron chi connectivity index (χ2n) is 4.13. The van der Waals surface area contributed by atoms with Gasteiger partial charge < -0.3 is 4.74 Å². The number of halogens is 1. The Morgan fingerprint density at radius 3 is 2.63 bits per heavy atom. The number of ether oxygens (including phenoxy) is 1. The molecule has 0 amide bonds. The highest BCUT2D eigenvalue weighted by Crippen LogP contribution is 2.19. The minimum Gasteiger partial charge on any atom is -0.493 e. The largest absolute Gasteiger partial charge is 0.493 e. The molecule has 1 aromatic carbocycles. The Bertz CT molecular complexity index is 578. The Kier molecular flexibility index (Phi) is 4.27. The van der Waals surface area contributed by atoms with Crippen molar-refractivity contribution >= 4 is 17.1 Å². The molecule has 0 aliphatic carbocycles. The van der Waals surface area contributed by atoms with E-state index in [1.165, 1.54) is 23.5 Å². The van der Waals surface area contributed by atoms with Gasteiger partial charge in [-0.05, 0) is 31.2 Å². The fourth-order valence-electron chi connectivity index (χ4n) is 1.67. The summed E-state index contributed by atoms with van der Waals surface area (Å²) in [6.45, 7) is 3.83. The lowest BCUT2D eigenvalue weighted by Crippen LogP contribution is -2.01. The number of ketones is 1. The van der Waals surface area contributed by atoms with Crippen LogP contribution in [-0.2, 0) is 6.42 Å². The highest BCUT2D eigenvalue weighted by molar-refractivity contribution is 7.13. The smallest absolute Gasteiger partial charge is 0.171 e. The van der Waals surface area contributed by atoms with Crippen LogP contribution in [0.4, 0.5) is 4.39 Å². The van der Waals surface area contributed by atoms with Crippen LogP contribution in [0.25, 0.3) is 0 Å². The second kappa shape index (κ2) is 5.93. The molecule has 5 heteroatoms. The van der Waals surface area contributed by atoms with Crippen molar-refractivity contribution < 1.29 is 13.9 Å². The summed E-state index contributed by atoms with van der Waals surface area (Å²) in [4.78, 5) is 16.4. The van der Waals surface area contributed by atoms with E-state index in [2.05, 4.69) is 4.98 Å². The number of benzene rings is 1. The zero-order chi connectivity index (χ0) is 13.8. The van der Waals surface area contributed by atoms with Gasteiger partial charge in [0.1, 0.15) is 11.6 Å². The number of nitrogens with zero attached hydrogens (tertiary/aromatic N) is 1. The van der Waals surface area contributed by atoms with Gasteiger partial charge in [-0.25, -0.2) is 9.37 Å². The van der Waals surface area contributed by atoms with Crippen LogP contribution < -0.4 is 4.74 Å². The summed E-state index contributed by atoms with van der Waals surface area (Å²) in [6, 6.07) is 5.89. The van der Waals surface area contributed by atoms with Crippen LogP contribution in [0.5, 0.6) is 5.75 Å². The Hall–Kier alpha value is -1.75. The topological polar surface area (TPSA) is 39.2 Å². The van der Waals surface area contributed by atoms with Gasteiger partial charge in [-0.3, -0.25) is 4.79 Å². The van der Waals surface area contributed by atoms with E-state index in [0.717, 1.165) is 10.7 Å². The van der Waals surface area contributed by atoms with Gasteiger partial charge in [0, 0.05) is 13.3 Å². The summed E-state index contributed by atoms with van der Waals surface area (Å²) in [5, 5.41) is 0.879. The Balaban J connectivity index is 1.90. The van der Waals surface area contributed by atoms with Gasteiger partial charge in [-0.1, -0.05) is 0 Å². The molecule has 0 saturated heterocycles. The first kappa shape index (κ1) is 13.7. The zero-order valence-corrected chi connectivity index (χ0v) is 11.6. The highest BCUT2D eigenvalue weighted by atomic mass is 32.1. The molecule has 0 atom stereocenters. The fourth-order valence-corrected chi connectivity index (χ4v) is 2.61. The van der Waals surface area contributed by atoms with E-state index in [1.54, 1.807) is 19.1 Å². The number of hydrogen-bond acceptors (Lipinski definition) is 4. The molecule has 2 rings (SSSR count). The van der Waals surface area contributed by atoms with Crippen LogP contribution in [0.3, 0.4) is 0 Å². The van der Waals surface area contributed by atoms with Crippen LogP contribution in [0.1, 0.15) is 27.3 Å². The van der Waals surface area contributed by atoms with E-state index in [0.29, 0.717) is 23.7 Å². The van der Waals surface area contributed by atoms with Gasteiger partial charge in [-0.2, -0.15) is 0 Å². The molecule has 0 spiro atoms. The average Bonchev–Trinajstić information content (AvgIpc) is 2.73. The Morgan fingerprint density at radius 1 is 1.37 bits per heavy atom. The van der Waals surface area contributed by atoms with Gasteiger partial charge in [-0.15, -0.1) is 11.3 Å². The van der Waals surface area contributed by atoms with E-state index in [-0.39, 0.29) is 11.6 Å². The number of carbonyl (C=O) groups is 1. The van der Waals surface area contributed by atoms with Crippen molar-refractivity contribution in [3.63, 3.8) is 0 Å². The second-order valence-corrected chi connectivity index (χ2v) is 5.21. The molecule has 0 aliphatic heterocycles. The Morgan fingerprint density at radius 2 is 2.05 bits per heavy atom. The molecular weight excluding hydrogens is 265 g/mol. The summed E-state index contributed by atoms with van der Waals surface area (Å²) in [7, 11) is 0. The maximum atomic E-state index is 12.7. The van der Waals surface area contributed by atoms with Crippen molar-refractivity contribution in [2.24, 2.45) is 0 Å². The van der Waals surface area contributed by atoms with Gasteiger partial charge in [0.05, 0.1) is 22.2 Å². The third kappa shape index (κ3) is 3.61. The van der Waals surface area contributed by atoms with E-state index < -0.39 is 0 Å². The summed E-state index contributed by atoms with van der Waals surface area (Å²) >= 11 is 1.40. The van der Waals surface area contributed by atoms with Crippen molar-refractivity contribution in [2.45, 2.75) is 20.3 Å². The zero-order valence-electron chi connectivity index (χ0n) is 10.8. The van der Waals surface area contributed by atoms with Crippen LogP contribution in [0.2, 0.25) is 0 Å². The third-order valence-corrected chi connectivity index (χ3v) is 3.88. The highest BCUT2D eigenvalue weighted by Gasteiger charge is 2.11. The van der Waals surface area contributed by atoms with Gasteiger partial charge in [0.2, 0.25) is 0 Å². The summed E-state index contributed by atoms with van der Waals surface area (Å²) < 4.78 is 18.2. The summed E-state index contributed by atoms with van der Waals surface area (Å²) in [5.41, 5.74) is 0.772. The molecule has 0 fully saturated rings. The quantitative estimate of drug-likeness (QED) is 0.787. The van der Waals surface area contributed by atoms with E-state index in [1.807, 2.05) is 6.92 Å². The molecule has 2 aromatic rings. The van der Waals surface area contributed by atoms with E-state index >= 15 is 0 Å². The van der Waals surface area contributed by atoms with Crippen LogP contribution in [0, 0.1) is 12.7 Å². The van der Waals surface area contributed by atoms with Crippen molar-refractivity contribution in [1.29, 1.82) is 0 Å². The maximum absolute atomic E-state index is 12.7. The summed E-state index contributed by atoms with van der Waals surface area (Å²) in [5.74, 6) is 0.385. The maximum Gasteiger partial charge on any atom is 0.171 e. The van der Waals surface area contributed by atoms with Gasteiger partial charge in [0.15, 0.2) is 5.78 Å². The molecule has 0 radical (unpaired) electrons. The summed E-state index contributed by atoms with van der Waals surface area (Å²) in [6.07, 6.45) is 0.635. The SMILES string of the molecule is CC(=O)c1sc(CCOc2ccc(F)cc2)nc1C. The Labute approximate surface area is 115 Å².